The van der Waals surface area contributed by atoms with E-state index in [0.29, 0.717) is 5.69 Å². The third kappa shape index (κ3) is 4.98. The Balaban J connectivity index is 1.37. The molecule has 0 unspecified atom stereocenters. The van der Waals surface area contributed by atoms with Crippen LogP contribution in [0, 0.1) is 11.8 Å². The first-order valence-electron chi connectivity index (χ1n) is 10.9. The van der Waals surface area contributed by atoms with Gasteiger partial charge in [-0.25, -0.2) is 0 Å². The summed E-state index contributed by atoms with van der Waals surface area (Å²) in [6.07, 6.45) is 10.3. The molecule has 6 heteroatoms. The molecule has 0 radical (unpaired) electrons. The number of aromatic nitrogens is 3. The number of hydrogen-bond acceptors (Lipinski definition) is 4. The molecule has 1 saturated carbocycles. The van der Waals surface area contributed by atoms with Crippen molar-refractivity contribution in [3.8, 4) is 0 Å². The van der Waals surface area contributed by atoms with E-state index in [1.54, 1.807) is 6.20 Å². The van der Waals surface area contributed by atoms with Gasteiger partial charge in [-0.15, -0.1) is 0 Å². The predicted molar refractivity (Wildman–Crippen MR) is 115 cm³/mol. The zero-order valence-electron chi connectivity index (χ0n) is 17.9. The highest BCUT2D eigenvalue weighted by atomic mass is 16.2. The molecule has 2 aromatic rings. The topological polar surface area (TPSA) is 63.1 Å². The standard InChI is InChI=1S/C23H33N5O/c1-17(2)14-18-5-12-28(13-6-18)20-4-10-24-21(15-20)22(29)25-23(8-9-23)16-19-7-11-27(3)26-19/h4,7,10-11,15,17-18H,5-6,8-9,12-14,16H2,1-3H3,(H,25,29). The van der Waals surface area contributed by atoms with Crippen molar-refractivity contribution in [2.75, 3.05) is 18.0 Å². The Kier molecular flexibility index (Phi) is 5.61. The summed E-state index contributed by atoms with van der Waals surface area (Å²) >= 11 is 0. The summed E-state index contributed by atoms with van der Waals surface area (Å²) in [4.78, 5) is 19.6. The van der Waals surface area contributed by atoms with Crippen LogP contribution in [-0.2, 0) is 13.5 Å². The minimum atomic E-state index is -0.154. The van der Waals surface area contributed by atoms with E-state index in [0.717, 1.165) is 55.6 Å². The average molecular weight is 396 g/mol. The Morgan fingerprint density at radius 3 is 2.66 bits per heavy atom. The molecule has 2 fully saturated rings. The molecule has 0 bridgehead atoms. The first kappa shape index (κ1) is 19.9. The van der Waals surface area contributed by atoms with Crippen molar-refractivity contribution in [1.29, 1.82) is 0 Å². The zero-order valence-corrected chi connectivity index (χ0v) is 17.9. The predicted octanol–water partition coefficient (Wildman–Crippen LogP) is 3.58. The summed E-state index contributed by atoms with van der Waals surface area (Å²) in [5, 5.41) is 7.69. The molecule has 1 amide bonds. The van der Waals surface area contributed by atoms with Crippen LogP contribution >= 0.6 is 0 Å². The molecule has 1 aliphatic carbocycles. The minimum absolute atomic E-state index is 0.0741. The van der Waals surface area contributed by atoms with E-state index in [1.165, 1.54) is 19.3 Å². The number of carbonyl (C=O) groups is 1. The molecule has 1 aliphatic heterocycles. The van der Waals surface area contributed by atoms with Crippen molar-refractivity contribution >= 4 is 11.6 Å². The van der Waals surface area contributed by atoms with E-state index in [1.807, 2.05) is 36.1 Å². The van der Waals surface area contributed by atoms with Gasteiger partial charge in [0.15, 0.2) is 0 Å². The van der Waals surface area contributed by atoms with Crippen molar-refractivity contribution in [1.82, 2.24) is 20.1 Å². The average Bonchev–Trinajstić information content (AvgIpc) is 3.32. The van der Waals surface area contributed by atoms with Crippen LogP contribution in [-0.4, -0.2) is 39.3 Å². The van der Waals surface area contributed by atoms with Crippen LogP contribution in [0.3, 0.4) is 0 Å². The third-order valence-electron chi connectivity index (χ3n) is 6.28. The van der Waals surface area contributed by atoms with Crippen LogP contribution in [0.4, 0.5) is 5.69 Å². The number of nitrogens with zero attached hydrogens (tertiary/aromatic N) is 4. The quantitative estimate of drug-likeness (QED) is 0.778. The van der Waals surface area contributed by atoms with Crippen molar-refractivity contribution in [2.24, 2.45) is 18.9 Å². The molecule has 1 N–H and O–H groups in total. The molecule has 156 valence electrons. The van der Waals surface area contributed by atoms with Crippen LogP contribution in [0.1, 0.15) is 62.1 Å². The fourth-order valence-corrected chi connectivity index (χ4v) is 4.54. The van der Waals surface area contributed by atoms with Crippen molar-refractivity contribution < 1.29 is 4.79 Å². The van der Waals surface area contributed by atoms with Gasteiger partial charge in [-0.1, -0.05) is 13.8 Å². The first-order valence-corrected chi connectivity index (χ1v) is 10.9. The maximum Gasteiger partial charge on any atom is 0.270 e. The number of nitrogens with one attached hydrogen (secondary N) is 1. The van der Waals surface area contributed by atoms with Crippen LogP contribution < -0.4 is 10.2 Å². The van der Waals surface area contributed by atoms with E-state index in [-0.39, 0.29) is 11.4 Å². The normalized spacial score (nSPS) is 18.8. The summed E-state index contributed by atoms with van der Waals surface area (Å²) in [5.74, 6) is 1.52. The Labute approximate surface area is 173 Å². The number of piperidine rings is 1. The van der Waals surface area contributed by atoms with Crippen LogP contribution in [0.25, 0.3) is 0 Å². The number of amides is 1. The van der Waals surface area contributed by atoms with Crippen molar-refractivity contribution in [2.45, 2.75) is 57.9 Å². The highest BCUT2D eigenvalue weighted by molar-refractivity contribution is 5.94. The third-order valence-corrected chi connectivity index (χ3v) is 6.28. The molecule has 0 spiro atoms. The van der Waals surface area contributed by atoms with E-state index in [2.05, 4.69) is 34.1 Å². The minimum Gasteiger partial charge on any atom is -0.371 e. The number of rotatable bonds is 7. The monoisotopic (exact) mass is 395 g/mol. The lowest BCUT2D eigenvalue weighted by atomic mass is 9.88. The molecule has 6 nitrogen and oxygen atoms in total. The fraction of sp³-hybridized carbons (Fsp3) is 0.609. The Morgan fingerprint density at radius 2 is 2.03 bits per heavy atom. The van der Waals surface area contributed by atoms with Crippen LogP contribution in [0.5, 0.6) is 0 Å². The molecule has 29 heavy (non-hydrogen) atoms. The van der Waals surface area contributed by atoms with Gasteiger partial charge >= 0.3 is 0 Å². The molecule has 2 aromatic heterocycles. The van der Waals surface area contributed by atoms with Gasteiger partial charge in [0.25, 0.3) is 5.91 Å². The number of hydrogen-bond donors (Lipinski definition) is 1. The summed E-state index contributed by atoms with van der Waals surface area (Å²) in [5.41, 5.74) is 2.50. The second-order valence-corrected chi connectivity index (χ2v) is 9.35. The van der Waals surface area contributed by atoms with E-state index in [9.17, 15) is 4.79 Å². The van der Waals surface area contributed by atoms with Gasteiger partial charge in [0.1, 0.15) is 5.69 Å². The van der Waals surface area contributed by atoms with Gasteiger partial charge in [0, 0.05) is 50.2 Å². The SMILES string of the molecule is CC(C)CC1CCN(c2ccnc(C(=O)NC3(Cc4ccn(C)n4)CC3)c2)CC1. The number of aryl methyl sites for hydroxylation is 1. The second kappa shape index (κ2) is 8.17. The van der Waals surface area contributed by atoms with Gasteiger partial charge in [0.05, 0.1) is 5.69 Å². The van der Waals surface area contributed by atoms with Crippen molar-refractivity contribution in [3.63, 3.8) is 0 Å². The highest BCUT2D eigenvalue weighted by Crippen LogP contribution is 2.38. The largest absolute Gasteiger partial charge is 0.371 e. The number of carbonyl (C=O) groups excluding carboxylic acids is 1. The molecule has 0 atom stereocenters. The van der Waals surface area contributed by atoms with Gasteiger partial charge in [0.2, 0.25) is 0 Å². The molecule has 0 aromatic carbocycles. The molecule has 1 saturated heterocycles. The summed E-state index contributed by atoms with van der Waals surface area (Å²) in [6, 6.07) is 6.00. The molecular weight excluding hydrogens is 362 g/mol. The second-order valence-electron chi connectivity index (χ2n) is 9.35. The van der Waals surface area contributed by atoms with E-state index in [4.69, 9.17) is 0 Å². The summed E-state index contributed by atoms with van der Waals surface area (Å²) in [7, 11) is 1.92. The lowest BCUT2D eigenvalue weighted by Crippen LogP contribution is -2.39. The van der Waals surface area contributed by atoms with E-state index >= 15 is 0 Å². The van der Waals surface area contributed by atoms with Gasteiger partial charge in [-0.3, -0.25) is 14.5 Å². The van der Waals surface area contributed by atoms with Crippen LogP contribution in [0.15, 0.2) is 30.6 Å². The van der Waals surface area contributed by atoms with Gasteiger partial charge in [-0.2, -0.15) is 5.10 Å². The Hall–Kier alpha value is -2.37. The maximum atomic E-state index is 12.9. The molecule has 2 aliphatic rings. The lowest BCUT2D eigenvalue weighted by Gasteiger charge is -2.34. The van der Waals surface area contributed by atoms with Gasteiger partial charge in [-0.05, 0) is 62.1 Å². The molecule has 3 heterocycles. The first-order chi connectivity index (χ1) is 13.9. The van der Waals surface area contributed by atoms with Crippen LogP contribution in [0.2, 0.25) is 0 Å². The fourth-order valence-electron chi connectivity index (χ4n) is 4.54. The maximum absolute atomic E-state index is 12.9. The van der Waals surface area contributed by atoms with E-state index < -0.39 is 0 Å². The smallest absolute Gasteiger partial charge is 0.270 e. The molecule has 4 rings (SSSR count). The van der Waals surface area contributed by atoms with Gasteiger partial charge < -0.3 is 10.2 Å². The number of pyridine rings is 1. The molecular formula is C23H33N5O. The Bertz CT molecular complexity index is 846. The highest BCUT2D eigenvalue weighted by Gasteiger charge is 2.44. The summed E-state index contributed by atoms with van der Waals surface area (Å²) in [6.45, 7) is 6.74. The lowest BCUT2D eigenvalue weighted by molar-refractivity contribution is 0.0926. The Morgan fingerprint density at radius 1 is 1.28 bits per heavy atom. The zero-order chi connectivity index (χ0) is 20.4. The summed E-state index contributed by atoms with van der Waals surface area (Å²) < 4.78 is 1.81. The van der Waals surface area contributed by atoms with Crippen molar-refractivity contribution in [3.05, 3.63) is 42.0 Å². The number of anilines is 1.